The Hall–Kier alpha value is -1.36. The summed E-state index contributed by atoms with van der Waals surface area (Å²) in [4.78, 5) is 23.4. The zero-order chi connectivity index (χ0) is 15.2. The number of amides is 1. The van der Waals surface area contributed by atoms with E-state index < -0.39 is 0 Å². The number of hydrogen-bond donors (Lipinski definition) is 1. The fourth-order valence-corrected chi connectivity index (χ4v) is 3.13. The summed E-state index contributed by atoms with van der Waals surface area (Å²) in [6.07, 6.45) is 3.12. The van der Waals surface area contributed by atoms with Gasteiger partial charge in [0.05, 0.1) is 5.41 Å². The highest BCUT2D eigenvalue weighted by Gasteiger charge is 2.41. The van der Waals surface area contributed by atoms with Gasteiger partial charge < -0.3 is 10.2 Å². The van der Waals surface area contributed by atoms with Gasteiger partial charge in [-0.25, -0.2) is 9.97 Å². The lowest BCUT2D eigenvalue weighted by molar-refractivity contribution is -0.128. The van der Waals surface area contributed by atoms with Crippen molar-refractivity contribution in [3.63, 3.8) is 0 Å². The second-order valence-electron chi connectivity index (χ2n) is 6.41. The molecule has 1 amide bonds. The van der Waals surface area contributed by atoms with Crippen LogP contribution in [-0.4, -0.2) is 36.0 Å². The molecular weight excluding hydrogens is 288 g/mol. The SMILES string of the molecule is CNC(=O)C1(C)CCN(c2nc(C3CC3)nc(Cl)c2C)C1. The second kappa shape index (κ2) is 5.13. The Morgan fingerprint density at radius 2 is 2.14 bits per heavy atom. The van der Waals surface area contributed by atoms with E-state index in [-0.39, 0.29) is 11.3 Å². The predicted molar refractivity (Wildman–Crippen MR) is 82.8 cm³/mol. The van der Waals surface area contributed by atoms with E-state index in [0.717, 1.165) is 43.0 Å². The molecule has 0 bridgehead atoms. The highest BCUT2D eigenvalue weighted by atomic mass is 35.5. The van der Waals surface area contributed by atoms with Gasteiger partial charge in [-0.2, -0.15) is 0 Å². The van der Waals surface area contributed by atoms with Crippen LogP contribution in [0.2, 0.25) is 5.15 Å². The molecule has 5 nitrogen and oxygen atoms in total. The summed E-state index contributed by atoms with van der Waals surface area (Å²) >= 11 is 6.27. The van der Waals surface area contributed by atoms with Crippen LogP contribution in [0.25, 0.3) is 0 Å². The molecule has 2 heterocycles. The largest absolute Gasteiger partial charge is 0.359 e. The topological polar surface area (TPSA) is 58.1 Å². The van der Waals surface area contributed by atoms with Gasteiger partial charge in [0.2, 0.25) is 5.91 Å². The quantitative estimate of drug-likeness (QED) is 0.870. The minimum atomic E-state index is -0.363. The molecule has 1 aliphatic heterocycles. The summed E-state index contributed by atoms with van der Waals surface area (Å²) in [5.41, 5.74) is 0.542. The van der Waals surface area contributed by atoms with E-state index in [2.05, 4.69) is 15.2 Å². The zero-order valence-corrected chi connectivity index (χ0v) is 13.5. The number of nitrogens with one attached hydrogen (secondary N) is 1. The molecule has 1 atom stereocenters. The van der Waals surface area contributed by atoms with Crippen molar-refractivity contribution >= 4 is 23.3 Å². The first-order valence-corrected chi connectivity index (χ1v) is 7.83. The van der Waals surface area contributed by atoms with E-state index in [1.54, 1.807) is 7.05 Å². The molecule has 1 saturated carbocycles. The maximum atomic E-state index is 12.1. The lowest BCUT2D eigenvalue weighted by atomic mass is 9.89. The van der Waals surface area contributed by atoms with Gasteiger partial charge in [0, 0.05) is 31.6 Å². The van der Waals surface area contributed by atoms with Crippen molar-refractivity contribution in [2.24, 2.45) is 5.41 Å². The minimum absolute atomic E-state index is 0.0882. The van der Waals surface area contributed by atoms with Crippen molar-refractivity contribution in [2.75, 3.05) is 25.0 Å². The smallest absolute Gasteiger partial charge is 0.227 e. The van der Waals surface area contributed by atoms with Crippen molar-refractivity contribution in [1.29, 1.82) is 0 Å². The van der Waals surface area contributed by atoms with E-state index in [0.29, 0.717) is 17.6 Å². The van der Waals surface area contributed by atoms with Crippen LogP contribution in [0.15, 0.2) is 0 Å². The molecular formula is C15H21ClN4O. The average Bonchev–Trinajstić information content (AvgIpc) is 3.24. The van der Waals surface area contributed by atoms with Crippen molar-refractivity contribution in [3.8, 4) is 0 Å². The number of rotatable bonds is 3. The van der Waals surface area contributed by atoms with E-state index in [1.165, 1.54) is 0 Å². The number of nitrogens with zero attached hydrogens (tertiary/aromatic N) is 3. The normalized spacial score (nSPS) is 25.2. The molecule has 0 aromatic carbocycles. The van der Waals surface area contributed by atoms with Crippen LogP contribution in [0.1, 0.15) is 43.5 Å². The van der Waals surface area contributed by atoms with E-state index in [1.807, 2.05) is 13.8 Å². The van der Waals surface area contributed by atoms with Gasteiger partial charge in [0.25, 0.3) is 0 Å². The molecule has 1 aliphatic carbocycles. The van der Waals surface area contributed by atoms with E-state index in [4.69, 9.17) is 16.6 Å². The average molecular weight is 309 g/mol. The third-order valence-electron chi connectivity index (χ3n) is 4.57. The minimum Gasteiger partial charge on any atom is -0.359 e. The Kier molecular flexibility index (Phi) is 3.56. The van der Waals surface area contributed by atoms with Crippen LogP contribution < -0.4 is 10.2 Å². The Labute approximate surface area is 130 Å². The first kappa shape index (κ1) is 14.6. The highest BCUT2D eigenvalue weighted by molar-refractivity contribution is 6.30. The molecule has 1 N–H and O–H groups in total. The molecule has 21 heavy (non-hydrogen) atoms. The molecule has 0 spiro atoms. The number of anilines is 1. The summed E-state index contributed by atoms with van der Waals surface area (Å²) in [6, 6.07) is 0. The fourth-order valence-electron chi connectivity index (χ4n) is 2.96. The summed E-state index contributed by atoms with van der Waals surface area (Å²) in [5, 5.41) is 3.30. The summed E-state index contributed by atoms with van der Waals surface area (Å²) < 4.78 is 0. The Bertz CT molecular complexity index is 587. The first-order chi connectivity index (χ1) is 9.94. The first-order valence-electron chi connectivity index (χ1n) is 7.46. The molecule has 0 radical (unpaired) electrons. The zero-order valence-electron chi connectivity index (χ0n) is 12.7. The van der Waals surface area contributed by atoms with Crippen LogP contribution >= 0.6 is 11.6 Å². The van der Waals surface area contributed by atoms with Gasteiger partial charge in [-0.15, -0.1) is 0 Å². The maximum absolute atomic E-state index is 12.1. The molecule has 1 aromatic heterocycles. The van der Waals surface area contributed by atoms with Gasteiger partial charge >= 0.3 is 0 Å². The Morgan fingerprint density at radius 3 is 2.76 bits per heavy atom. The van der Waals surface area contributed by atoms with Gasteiger partial charge in [-0.05, 0) is 33.1 Å². The third-order valence-corrected chi connectivity index (χ3v) is 4.94. The molecule has 2 aliphatic rings. The standard InChI is InChI=1S/C15H21ClN4O/c1-9-11(16)18-12(10-4-5-10)19-13(9)20-7-6-15(2,8-20)14(21)17-3/h10H,4-8H2,1-3H3,(H,17,21). The van der Waals surface area contributed by atoms with Crippen molar-refractivity contribution in [2.45, 2.75) is 39.0 Å². The molecule has 1 saturated heterocycles. The van der Waals surface area contributed by atoms with Gasteiger partial charge in [-0.3, -0.25) is 4.79 Å². The van der Waals surface area contributed by atoms with Gasteiger partial charge in [-0.1, -0.05) is 11.6 Å². The number of carbonyl (C=O) groups is 1. The van der Waals surface area contributed by atoms with Crippen molar-refractivity contribution in [3.05, 3.63) is 16.5 Å². The van der Waals surface area contributed by atoms with E-state index in [9.17, 15) is 4.79 Å². The van der Waals surface area contributed by atoms with E-state index >= 15 is 0 Å². The highest BCUT2D eigenvalue weighted by Crippen LogP contribution is 2.41. The lowest BCUT2D eigenvalue weighted by Gasteiger charge is -2.24. The van der Waals surface area contributed by atoms with Crippen LogP contribution in [0.5, 0.6) is 0 Å². The lowest BCUT2D eigenvalue weighted by Crippen LogP contribution is -2.39. The fraction of sp³-hybridized carbons (Fsp3) is 0.667. The Balaban J connectivity index is 1.89. The molecule has 6 heteroatoms. The summed E-state index contributed by atoms with van der Waals surface area (Å²) in [5.74, 6) is 2.30. The number of halogens is 1. The number of carbonyl (C=O) groups excluding carboxylic acids is 1. The molecule has 1 aromatic rings. The van der Waals surface area contributed by atoms with Crippen LogP contribution in [-0.2, 0) is 4.79 Å². The molecule has 114 valence electrons. The van der Waals surface area contributed by atoms with Crippen molar-refractivity contribution in [1.82, 2.24) is 15.3 Å². The summed E-state index contributed by atoms with van der Waals surface area (Å²) in [6.45, 7) is 5.45. The monoisotopic (exact) mass is 308 g/mol. The Morgan fingerprint density at radius 1 is 1.43 bits per heavy atom. The summed E-state index contributed by atoms with van der Waals surface area (Å²) in [7, 11) is 1.69. The maximum Gasteiger partial charge on any atom is 0.227 e. The molecule has 3 rings (SSSR count). The second-order valence-corrected chi connectivity index (χ2v) is 6.76. The number of aromatic nitrogens is 2. The number of hydrogen-bond acceptors (Lipinski definition) is 4. The molecule has 1 unspecified atom stereocenters. The van der Waals surface area contributed by atoms with Crippen molar-refractivity contribution < 1.29 is 4.79 Å². The molecule has 2 fully saturated rings. The van der Waals surface area contributed by atoms with Crippen LogP contribution in [0.3, 0.4) is 0 Å². The van der Waals surface area contributed by atoms with Crippen LogP contribution in [0.4, 0.5) is 5.82 Å². The third kappa shape index (κ3) is 2.59. The van der Waals surface area contributed by atoms with Crippen LogP contribution in [0, 0.1) is 12.3 Å². The van der Waals surface area contributed by atoms with Gasteiger partial charge in [0.1, 0.15) is 16.8 Å². The van der Waals surface area contributed by atoms with Gasteiger partial charge in [0.15, 0.2) is 0 Å². The predicted octanol–water partition coefficient (Wildman–Crippen LogP) is 2.28.